The monoisotopic (exact) mass is 665 g/mol. The Balaban J connectivity index is 1.83. The molecule has 0 bridgehead atoms. The average molecular weight is 667 g/mol. The fourth-order valence-corrected chi connectivity index (χ4v) is 6.85. The Hall–Kier alpha value is -3.85. The Labute approximate surface area is 275 Å². The first-order chi connectivity index (χ1) is 21.5. The van der Waals surface area contributed by atoms with Crippen molar-refractivity contribution < 1.29 is 18.0 Å². The van der Waals surface area contributed by atoms with Crippen LogP contribution in [0.2, 0.25) is 10.0 Å². The lowest BCUT2D eigenvalue weighted by Gasteiger charge is -2.34. The summed E-state index contributed by atoms with van der Waals surface area (Å²) < 4.78 is 29.4. The number of carbonyl (C=O) groups is 2. The van der Waals surface area contributed by atoms with Crippen molar-refractivity contribution >= 4 is 50.7 Å². The van der Waals surface area contributed by atoms with Gasteiger partial charge in [0.1, 0.15) is 12.6 Å². The van der Waals surface area contributed by atoms with E-state index in [0.29, 0.717) is 34.3 Å². The molecule has 0 saturated carbocycles. The van der Waals surface area contributed by atoms with Crippen LogP contribution in [-0.2, 0) is 32.6 Å². The summed E-state index contributed by atoms with van der Waals surface area (Å²) in [5.41, 5.74) is 3.34. The second-order valence-electron chi connectivity index (χ2n) is 10.9. The van der Waals surface area contributed by atoms with Crippen molar-refractivity contribution in [2.75, 3.05) is 17.4 Å². The molecule has 2 amide bonds. The molecule has 4 rings (SSSR count). The normalized spacial score (nSPS) is 11.9. The predicted octanol–water partition coefficient (Wildman–Crippen LogP) is 6.97. The Morgan fingerprint density at radius 1 is 0.822 bits per heavy atom. The number of rotatable bonds is 13. The van der Waals surface area contributed by atoms with Crippen LogP contribution in [-0.4, -0.2) is 44.3 Å². The summed E-state index contributed by atoms with van der Waals surface area (Å²) in [6, 6.07) is 26.8. The molecule has 4 aromatic rings. The van der Waals surface area contributed by atoms with E-state index in [1.807, 2.05) is 57.2 Å². The van der Waals surface area contributed by atoms with Gasteiger partial charge in [-0.2, -0.15) is 0 Å². The molecular formula is C35H37Cl2N3O4S. The number of hydrogen-bond acceptors (Lipinski definition) is 4. The lowest BCUT2D eigenvalue weighted by molar-refractivity contribution is -0.140. The molecule has 0 aliphatic carbocycles. The molecule has 4 aromatic carbocycles. The van der Waals surface area contributed by atoms with Gasteiger partial charge in [0, 0.05) is 35.1 Å². The van der Waals surface area contributed by atoms with Crippen LogP contribution in [0.4, 0.5) is 5.69 Å². The lowest BCUT2D eigenvalue weighted by Crippen LogP contribution is -2.53. The number of benzene rings is 4. The van der Waals surface area contributed by atoms with Crippen LogP contribution >= 0.6 is 23.2 Å². The molecule has 0 aromatic heterocycles. The van der Waals surface area contributed by atoms with Gasteiger partial charge >= 0.3 is 0 Å². The third-order valence-corrected chi connectivity index (χ3v) is 9.88. The largest absolute Gasteiger partial charge is 0.354 e. The van der Waals surface area contributed by atoms with E-state index < -0.39 is 28.5 Å². The van der Waals surface area contributed by atoms with Crippen LogP contribution < -0.4 is 9.62 Å². The van der Waals surface area contributed by atoms with Gasteiger partial charge in [-0.15, -0.1) is 0 Å². The lowest BCUT2D eigenvalue weighted by atomic mass is 10.0. The van der Waals surface area contributed by atoms with Crippen LogP contribution in [0.1, 0.15) is 35.6 Å². The van der Waals surface area contributed by atoms with Crippen LogP contribution in [0.25, 0.3) is 0 Å². The van der Waals surface area contributed by atoms with E-state index in [1.54, 1.807) is 48.5 Å². The van der Waals surface area contributed by atoms with E-state index in [-0.39, 0.29) is 23.8 Å². The van der Waals surface area contributed by atoms with Gasteiger partial charge in [-0.25, -0.2) is 8.42 Å². The van der Waals surface area contributed by atoms with Crippen molar-refractivity contribution in [3.05, 3.63) is 129 Å². The van der Waals surface area contributed by atoms with Gasteiger partial charge in [0.15, 0.2) is 0 Å². The van der Waals surface area contributed by atoms with Gasteiger partial charge in [0.25, 0.3) is 10.0 Å². The smallest absolute Gasteiger partial charge is 0.264 e. The molecule has 1 atom stereocenters. The highest BCUT2D eigenvalue weighted by Gasteiger charge is 2.35. The van der Waals surface area contributed by atoms with E-state index in [9.17, 15) is 18.0 Å². The van der Waals surface area contributed by atoms with Crippen molar-refractivity contribution in [2.45, 2.75) is 51.1 Å². The first-order valence-corrected chi connectivity index (χ1v) is 16.9. The zero-order valence-electron chi connectivity index (χ0n) is 25.5. The van der Waals surface area contributed by atoms with Crippen LogP contribution in [0, 0.1) is 13.8 Å². The van der Waals surface area contributed by atoms with Gasteiger partial charge < -0.3 is 10.2 Å². The number of halogens is 2. The maximum Gasteiger partial charge on any atom is 0.264 e. The molecule has 0 spiro atoms. The van der Waals surface area contributed by atoms with E-state index >= 15 is 0 Å². The molecule has 0 aliphatic rings. The van der Waals surface area contributed by atoms with Crippen molar-refractivity contribution in [1.29, 1.82) is 0 Å². The Morgan fingerprint density at radius 3 is 2.09 bits per heavy atom. The van der Waals surface area contributed by atoms with Gasteiger partial charge in [0.2, 0.25) is 11.8 Å². The topological polar surface area (TPSA) is 86.8 Å². The van der Waals surface area contributed by atoms with Crippen molar-refractivity contribution in [3.8, 4) is 0 Å². The van der Waals surface area contributed by atoms with Crippen LogP contribution in [0.3, 0.4) is 0 Å². The van der Waals surface area contributed by atoms with Crippen LogP contribution in [0.5, 0.6) is 0 Å². The number of nitrogens with zero attached hydrogens (tertiary/aromatic N) is 2. The number of sulfonamides is 1. The number of amides is 2. The van der Waals surface area contributed by atoms with Gasteiger partial charge in [0.05, 0.1) is 10.6 Å². The third-order valence-electron chi connectivity index (χ3n) is 7.39. The minimum absolute atomic E-state index is 0.0460. The van der Waals surface area contributed by atoms with Gasteiger partial charge in [-0.3, -0.25) is 13.9 Å². The Kier molecular flexibility index (Phi) is 11.7. The number of hydrogen-bond donors (Lipinski definition) is 1. The predicted molar refractivity (Wildman–Crippen MR) is 181 cm³/mol. The number of anilines is 1. The standard InChI is InChI=1S/C35H37Cl2N3O4S/c1-4-20-38-35(42)33(22-27-11-6-5-7-12-27)39(23-30-31(36)14-9-15-32(30)37)34(41)24-40(28-13-8-10-26(3)21-28)45(43,44)29-18-16-25(2)17-19-29/h5-19,21,33H,4,20,22-24H2,1-3H3,(H,38,42)/t33-/m1/s1. The summed E-state index contributed by atoms with van der Waals surface area (Å²) in [6.45, 7) is 5.40. The Morgan fingerprint density at radius 2 is 1.47 bits per heavy atom. The molecule has 0 fully saturated rings. The molecular weight excluding hydrogens is 629 g/mol. The second-order valence-corrected chi connectivity index (χ2v) is 13.6. The number of nitrogens with one attached hydrogen (secondary N) is 1. The molecule has 0 radical (unpaired) electrons. The second kappa shape index (κ2) is 15.4. The van der Waals surface area contributed by atoms with E-state index in [0.717, 1.165) is 21.0 Å². The summed E-state index contributed by atoms with van der Waals surface area (Å²) >= 11 is 13.1. The first-order valence-electron chi connectivity index (χ1n) is 14.7. The molecule has 0 aliphatic heterocycles. The molecule has 236 valence electrons. The zero-order valence-corrected chi connectivity index (χ0v) is 27.9. The summed E-state index contributed by atoms with van der Waals surface area (Å²) in [4.78, 5) is 29.7. The molecule has 1 N–H and O–H groups in total. The van der Waals surface area contributed by atoms with Crippen LogP contribution in [0.15, 0.2) is 102 Å². The first kappa shape index (κ1) is 34.0. The van der Waals surface area contributed by atoms with Crippen molar-refractivity contribution in [2.24, 2.45) is 0 Å². The SMILES string of the molecule is CCCNC(=O)[C@@H](Cc1ccccc1)N(Cc1c(Cl)cccc1Cl)C(=O)CN(c1cccc(C)c1)S(=O)(=O)c1ccc(C)cc1. The quantitative estimate of drug-likeness (QED) is 0.167. The summed E-state index contributed by atoms with van der Waals surface area (Å²) in [6.07, 6.45) is 0.892. The van der Waals surface area contributed by atoms with Gasteiger partial charge in [-0.1, -0.05) is 96.4 Å². The van der Waals surface area contributed by atoms with E-state index in [2.05, 4.69) is 5.32 Å². The fraction of sp³-hybridized carbons (Fsp3) is 0.257. The van der Waals surface area contributed by atoms with E-state index in [4.69, 9.17) is 23.2 Å². The third kappa shape index (κ3) is 8.66. The molecule has 0 heterocycles. The summed E-state index contributed by atoms with van der Waals surface area (Å²) in [5.74, 6) is -0.948. The minimum Gasteiger partial charge on any atom is -0.354 e. The molecule has 10 heteroatoms. The van der Waals surface area contributed by atoms with Crippen molar-refractivity contribution in [3.63, 3.8) is 0 Å². The Bertz CT molecular complexity index is 1710. The zero-order chi connectivity index (χ0) is 32.6. The maximum absolute atomic E-state index is 14.5. The number of carbonyl (C=O) groups excluding carboxylic acids is 2. The molecule has 45 heavy (non-hydrogen) atoms. The highest BCUT2D eigenvalue weighted by molar-refractivity contribution is 7.92. The highest BCUT2D eigenvalue weighted by atomic mass is 35.5. The summed E-state index contributed by atoms with van der Waals surface area (Å²) in [7, 11) is -4.19. The van der Waals surface area contributed by atoms with E-state index in [1.165, 1.54) is 17.0 Å². The summed E-state index contributed by atoms with van der Waals surface area (Å²) in [5, 5.41) is 3.58. The van der Waals surface area contributed by atoms with Crippen molar-refractivity contribution in [1.82, 2.24) is 10.2 Å². The number of aryl methyl sites for hydroxylation is 2. The molecule has 0 saturated heterocycles. The average Bonchev–Trinajstić information content (AvgIpc) is 3.02. The van der Waals surface area contributed by atoms with Gasteiger partial charge in [-0.05, 0) is 67.8 Å². The maximum atomic E-state index is 14.5. The highest BCUT2D eigenvalue weighted by Crippen LogP contribution is 2.29. The molecule has 7 nitrogen and oxygen atoms in total. The fourth-order valence-electron chi connectivity index (χ4n) is 4.92. The minimum atomic E-state index is -4.19. The molecule has 0 unspecified atom stereocenters.